The molecule has 0 aliphatic rings. The van der Waals surface area contributed by atoms with Crippen molar-refractivity contribution in [3.05, 3.63) is 74.7 Å². The first-order chi connectivity index (χ1) is 13.0. The van der Waals surface area contributed by atoms with E-state index in [1.807, 2.05) is 47.9 Å². The third kappa shape index (κ3) is 2.89. The molecule has 0 amide bonds. The van der Waals surface area contributed by atoms with E-state index in [0.717, 1.165) is 25.8 Å². The molecule has 0 radical (unpaired) electrons. The molecule has 4 rings (SSSR count). The highest BCUT2D eigenvalue weighted by atomic mass is 79.9. The number of carbonyl (C=O) groups excluding carboxylic acids is 2. The number of ether oxygens (including phenoxy) is 1. The summed E-state index contributed by atoms with van der Waals surface area (Å²) in [6.07, 6.45) is 1.91. The van der Waals surface area contributed by atoms with E-state index in [9.17, 15) is 9.59 Å². The molecule has 0 fully saturated rings. The summed E-state index contributed by atoms with van der Waals surface area (Å²) in [5.74, 6) is -0.402. The molecular weight excluding hydrogens is 426 g/mol. The smallest absolute Gasteiger partial charge is 0.341 e. The molecule has 0 atom stereocenters. The zero-order valence-corrected chi connectivity index (χ0v) is 17.2. The molecule has 3 heterocycles. The van der Waals surface area contributed by atoms with Crippen molar-refractivity contribution >= 4 is 54.8 Å². The van der Waals surface area contributed by atoms with Gasteiger partial charge in [-0.05, 0) is 55.8 Å². The van der Waals surface area contributed by atoms with E-state index in [-0.39, 0.29) is 11.8 Å². The van der Waals surface area contributed by atoms with Crippen LogP contribution >= 0.6 is 27.3 Å². The van der Waals surface area contributed by atoms with Gasteiger partial charge in [0.25, 0.3) is 0 Å². The second-order valence-electron chi connectivity index (χ2n) is 6.12. The number of hydrogen-bond acceptors (Lipinski definition) is 4. The third-order valence-electron chi connectivity index (χ3n) is 4.49. The number of aryl methyl sites for hydroxylation is 1. The summed E-state index contributed by atoms with van der Waals surface area (Å²) in [5.41, 5.74) is 3.70. The molecule has 0 aliphatic carbocycles. The maximum Gasteiger partial charge on any atom is 0.341 e. The van der Waals surface area contributed by atoms with E-state index in [2.05, 4.69) is 15.9 Å². The Bertz CT molecular complexity index is 1190. The molecule has 1 aromatic carbocycles. The first kappa shape index (κ1) is 17.9. The fourth-order valence-corrected chi connectivity index (χ4v) is 4.84. The minimum absolute atomic E-state index is 0.0410. The quantitative estimate of drug-likeness (QED) is 0.304. The maximum atomic E-state index is 13.1. The number of rotatable bonds is 4. The number of esters is 1. The molecule has 4 aromatic rings. The Labute approximate surface area is 168 Å². The highest BCUT2D eigenvalue weighted by molar-refractivity contribution is 9.10. The van der Waals surface area contributed by atoms with Gasteiger partial charge in [0.05, 0.1) is 27.2 Å². The summed E-state index contributed by atoms with van der Waals surface area (Å²) in [6.45, 7) is 4.02. The van der Waals surface area contributed by atoms with Crippen molar-refractivity contribution in [1.29, 1.82) is 0 Å². The van der Waals surface area contributed by atoms with E-state index in [0.29, 0.717) is 22.6 Å². The van der Waals surface area contributed by atoms with Gasteiger partial charge in [-0.1, -0.05) is 22.0 Å². The Morgan fingerprint density at radius 1 is 1.15 bits per heavy atom. The summed E-state index contributed by atoms with van der Waals surface area (Å²) in [4.78, 5) is 26.3. The predicted molar refractivity (Wildman–Crippen MR) is 111 cm³/mol. The third-order valence-corrected chi connectivity index (χ3v) is 6.32. The molecule has 136 valence electrons. The van der Waals surface area contributed by atoms with Gasteiger partial charge in [-0.15, -0.1) is 11.3 Å². The van der Waals surface area contributed by atoms with Crippen molar-refractivity contribution in [3.8, 4) is 0 Å². The molecular formula is C21H16BrNO3S. The van der Waals surface area contributed by atoms with Crippen LogP contribution in [-0.4, -0.2) is 22.8 Å². The lowest BCUT2D eigenvalue weighted by Gasteiger charge is -2.03. The van der Waals surface area contributed by atoms with Gasteiger partial charge in [0.15, 0.2) is 0 Å². The lowest BCUT2D eigenvalue weighted by molar-refractivity contribution is 0.0531. The minimum atomic E-state index is -0.361. The molecule has 4 nitrogen and oxygen atoms in total. The summed E-state index contributed by atoms with van der Waals surface area (Å²) in [5, 5.41) is 0. The van der Waals surface area contributed by atoms with Crippen molar-refractivity contribution in [1.82, 2.24) is 4.40 Å². The Morgan fingerprint density at radius 2 is 1.89 bits per heavy atom. The largest absolute Gasteiger partial charge is 0.462 e. The monoisotopic (exact) mass is 441 g/mol. The topological polar surface area (TPSA) is 47.8 Å². The van der Waals surface area contributed by atoms with E-state index < -0.39 is 0 Å². The fourth-order valence-electron chi connectivity index (χ4n) is 3.27. The average molecular weight is 442 g/mol. The van der Waals surface area contributed by atoms with Gasteiger partial charge in [-0.3, -0.25) is 4.79 Å². The van der Waals surface area contributed by atoms with Crippen LogP contribution in [0.25, 0.3) is 15.7 Å². The van der Waals surface area contributed by atoms with Gasteiger partial charge in [-0.2, -0.15) is 0 Å². The summed E-state index contributed by atoms with van der Waals surface area (Å²) in [6, 6.07) is 13.0. The van der Waals surface area contributed by atoms with Crippen molar-refractivity contribution in [2.24, 2.45) is 0 Å². The second-order valence-corrected chi connectivity index (χ2v) is 8.06. The van der Waals surface area contributed by atoms with Gasteiger partial charge in [0.1, 0.15) is 5.56 Å². The van der Waals surface area contributed by atoms with Crippen molar-refractivity contribution < 1.29 is 14.3 Å². The molecule has 27 heavy (non-hydrogen) atoms. The molecule has 6 heteroatoms. The lowest BCUT2D eigenvalue weighted by atomic mass is 10.1. The number of halogens is 1. The highest BCUT2D eigenvalue weighted by Gasteiger charge is 2.26. The summed E-state index contributed by atoms with van der Waals surface area (Å²) < 4.78 is 8.95. The Kier molecular flexibility index (Phi) is 4.61. The van der Waals surface area contributed by atoms with Crippen LogP contribution in [0.15, 0.2) is 53.1 Å². The van der Waals surface area contributed by atoms with Gasteiger partial charge in [0.2, 0.25) is 5.78 Å². The molecule has 0 saturated carbocycles. The van der Waals surface area contributed by atoms with Crippen LogP contribution in [0.2, 0.25) is 0 Å². The van der Waals surface area contributed by atoms with Gasteiger partial charge in [0, 0.05) is 16.2 Å². The SMILES string of the molecule is CCOC(=O)c1c2sc(C(=O)c3ccc(Br)cc3)c(C)c2n2ccccc12. The number of nitrogens with zero attached hydrogens (tertiary/aromatic N) is 1. The number of ketones is 1. The minimum Gasteiger partial charge on any atom is -0.462 e. The number of pyridine rings is 1. The second kappa shape index (κ2) is 6.94. The van der Waals surface area contributed by atoms with Crippen LogP contribution in [0, 0.1) is 6.92 Å². The molecule has 0 aliphatic heterocycles. The lowest BCUT2D eigenvalue weighted by Crippen LogP contribution is -2.04. The van der Waals surface area contributed by atoms with Gasteiger partial charge < -0.3 is 9.14 Å². The average Bonchev–Trinajstić information content (AvgIpc) is 3.16. The number of thiophene rings is 1. The molecule has 0 bridgehead atoms. The summed E-state index contributed by atoms with van der Waals surface area (Å²) in [7, 11) is 0. The maximum absolute atomic E-state index is 13.1. The van der Waals surface area contributed by atoms with Crippen LogP contribution in [0.3, 0.4) is 0 Å². The van der Waals surface area contributed by atoms with E-state index in [4.69, 9.17) is 4.74 Å². The Balaban J connectivity index is 1.96. The molecule has 0 spiro atoms. The van der Waals surface area contributed by atoms with Crippen molar-refractivity contribution in [2.75, 3.05) is 6.61 Å². The van der Waals surface area contributed by atoms with E-state index in [1.165, 1.54) is 11.3 Å². The number of hydrogen-bond donors (Lipinski definition) is 0. The Hall–Kier alpha value is -2.44. The molecule has 0 N–H and O–H groups in total. The number of carbonyl (C=O) groups is 2. The fraction of sp³-hybridized carbons (Fsp3) is 0.143. The predicted octanol–water partition coefficient (Wildman–Crippen LogP) is 5.63. The van der Waals surface area contributed by atoms with Gasteiger partial charge >= 0.3 is 5.97 Å². The van der Waals surface area contributed by atoms with E-state index in [1.54, 1.807) is 19.1 Å². The molecule has 3 aromatic heterocycles. The van der Waals surface area contributed by atoms with Gasteiger partial charge in [-0.25, -0.2) is 4.79 Å². The van der Waals surface area contributed by atoms with Crippen LogP contribution in [0.1, 0.15) is 38.1 Å². The van der Waals surface area contributed by atoms with E-state index >= 15 is 0 Å². The normalized spacial score (nSPS) is 11.2. The van der Waals surface area contributed by atoms with Crippen LogP contribution in [0.5, 0.6) is 0 Å². The number of aromatic nitrogens is 1. The van der Waals surface area contributed by atoms with Crippen LogP contribution in [-0.2, 0) is 4.74 Å². The first-order valence-electron chi connectivity index (χ1n) is 8.52. The molecule has 0 unspecified atom stereocenters. The van der Waals surface area contributed by atoms with Crippen LogP contribution in [0.4, 0.5) is 0 Å². The molecule has 0 saturated heterocycles. The first-order valence-corrected chi connectivity index (χ1v) is 10.1. The zero-order valence-electron chi connectivity index (χ0n) is 14.8. The highest BCUT2D eigenvalue weighted by Crippen LogP contribution is 2.38. The standard InChI is InChI=1S/C21H16BrNO3S/c1-3-26-21(25)16-15-6-4-5-11-23(15)17-12(2)19(27-20(16)17)18(24)13-7-9-14(22)10-8-13/h4-11H,3H2,1-2H3. The zero-order chi connectivity index (χ0) is 19.1. The number of benzene rings is 1. The van der Waals surface area contributed by atoms with Crippen molar-refractivity contribution in [3.63, 3.8) is 0 Å². The Morgan fingerprint density at radius 3 is 2.59 bits per heavy atom. The number of fused-ring (bicyclic) bond motifs is 3. The van der Waals surface area contributed by atoms with Crippen LogP contribution < -0.4 is 0 Å². The van der Waals surface area contributed by atoms with Crippen molar-refractivity contribution in [2.45, 2.75) is 13.8 Å². The summed E-state index contributed by atoms with van der Waals surface area (Å²) >= 11 is 4.75.